The van der Waals surface area contributed by atoms with Gasteiger partial charge in [0.2, 0.25) is 0 Å². The van der Waals surface area contributed by atoms with Gasteiger partial charge in [-0.25, -0.2) is 4.79 Å². The van der Waals surface area contributed by atoms with Crippen molar-refractivity contribution in [3.63, 3.8) is 0 Å². The second kappa shape index (κ2) is 7.00. The largest absolute Gasteiger partial charge is 0.323 e. The van der Waals surface area contributed by atoms with Gasteiger partial charge in [0, 0.05) is 17.3 Å². The number of hydrogen-bond acceptors (Lipinski definition) is 1. The highest BCUT2D eigenvalue weighted by atomic mass is 16.2. The molecule has 0 saturated carbocycles. The van der Waals surface area contributed by atoms with Crippen molar-refractivity contribution in [1.29, 1.82) is 0 Å². The molecular formula is C23H21N3O. The minimum absolute atomic E-state index is 0.264. The number of aryl methyl sites for hydroxylation is 2. The topological polar surface area (TPSA) is 46.1 Å². The van der Waals surface area contributed by atoms with Gasteiger partial charge in [-0.1, -0.05) is 48.0 Å². The molecule has 2 amide bonds. The van der Waals surface area contributed by atoms with E-state index in [1.807, 2.05) is 67.6 Å². The molecule has 0 radical (unpaired) electrons. The number of carbonyl (C=O) groups excluding carboxylic acids is 1. The molecule has 4 heteroatoms. The number of aromatic nitrogens is 1. The van der Waals surface area contributed by atoms with Gasteiger partial charge in [-0.15, -0.1) is 0 Å². The maximum atomic E-state index is 12.5. The van der Waals surface area contributed by atoms with Crippen LogP contribution >= 0.6 is 0 Å². The van der Waals surface area contributed by atoms with E-state index in [1.54, 1.807) is 0 Å². The van der Waals surface area contributed by atoms with E-state index in [-0.39, 0.29) is 6.03 Å². The van der Waals surface area contributed by atoms with Crippen LogP contribution in [0, 0.1) is 13.8 Å². The van der Waals surface area contributed by atoms with Crippen LogP contribution in [0.5, 0.6) is 0 Å². The van der Waals surface area contributed by atoms with Crippen LogP contribution in [0.1, 0.15) is 11.1 Å². The van der Waals surface area contributed by atoms with E-state index in [9.17, 15) is 4.79 Å². The average molecular weight is 355 g/mol. The van der Waals surface area contributed by atoms with Crippen LogP contribution in [-0.4, -0.2) is 10.6 Å². The molecule has 0 atom stereocenters. The number of urea groups is 1. The monoisotopic (exact) mass is 355 g/mol. The van der Waals surface area contributed by atoms with E-state index in [4.69, 9.17) is 0 Å². The lowest BCUT2D eigenvalue weighted by Gasteiger charge is -2.14. The summed E-state index contributed by atoms with van der Waals surface area (Å²) >= 11 is 0. The smallest absolute Gasteiger partial charge is 0.314 e. The Balaban J connectivity index is 1.65. The summed E-state index contributed by atoms with van der Waals surface area (Å²) in [5, 5.41) is 7.06. The molecule has 4 rings (SSSR count). The van der Waals surface area contributed by atoms with Crippen LogP contribution in [0.4, 0.5) is 16.2 Å². The summed E-state index contributed by atoms with van der Waals surface area (Å²) in [6.45, 7) is 4.11. The highest BCUT2D eigenvalue weighted by Crippen LogP contribution is 2.28. The van der Waals surface area contributed by atoms with E-state index in [2.05, 4.69) is 40.5 Å². The molecule has 3 aromatic carbocycles. The molecule has 0 saturated heterocycles. The summed E-state index contributed by atoms with van der Waals surface area (Å²) in [6, 6.07) is 23.5. The molecule has 0 bridgehead atoms. The number of benzene rings is 3. The van der Waals surface area contributed by atoms with Crippen molar-refractivity contribution in [2.75, 3.05) is 10.6 Å². The fourth-order valence-corrected chi connectivity index (χ4v) is 3.26. The van der Waals surface area contributed by atoms with Crippen LogP contribution in [-0.2, 0) is 0 Å². The predicted molar refractivity (Wildman–Crippen MR) is 112 cm³/mol. The summed E-state index contributed by atoms with van der Waals surface area (Å²) < 4.78 is 2.12. The number of nitrogens with one attached hydrogen (secondary N) is 2. The number of hydrogen-bond donors (Lipinski definition) is 2. The molecule has 1 aromatic heterocycles. The molecule has 2 N–H and O–H groups in total. The highest BCUT2D eigenvalue weighted by molar-refractivity contribution is 6.01. The first-order valence-corrected chi connectivity index (χ1v) is 8.92. The Hall–Kier alpha value is -3.53. The van der Waals surface area contributed by atoms with Crippen LogP contribution in [0.25, 0.3) is 16.6 Å². The summed E-state index contributed by atoms with van der Waals surface area (Å²) in [7, 11) is 0. The van der Waals surface area contributed by atoms with Gasteiger partial charge in [-0.05, 0) is 49.7 Å². The number of nitrogens with zero attached hydrogens (tertiary/aromatic N) is 1. The normalized spacial score (nSPS) is 10.7. The third-order valence-electron chi connectivity index (χ3n) is 4.63. The first kappa shape index (κ1) is 16.9. The van der Waals surface area contributed by atoms with Gasteiger partial charge in [0.1, 0.15) is 0 Å². The van der Waals surface area contributed by atoms with Crippen LogP contribution in [0.15, 0.2) is 79.0 Å². The highest BCUT2D eigenvalue weighted by Gasteiger charge is 2.12. The zero-order valence-electron chi connectivity index (χ0n) is 15.4. The molecule has 134 valence electrons. The maximum absolute atomic E-state index is 12.5. The third-order valence-corrected chi connectivity index (χ3v) is 4.63. The summed E-state index contributed by atoms with van der Waals surface area (Å²) in [5.74, 6) is 0. The number of fused-ring (bicyclic) bond motifs is 1. The molecular weight excluding hydrogens is 334 g/mol. The molecule has 0 fully saturated rings. The van der Waals surface area contributed by atoms with Gasteiger partial charge in [0.15, 0.2) is 0 Å². The van der Waals surface area contributed by atoms with Gasteiger partial charge in [0.25, 0.3) is 0 Å². The van der Waals surface area contributed by atoms with Crippen molar-refractivity contribution in [3.05, 3.63) is 90.1 Å². The number of rotatable bonds is 3. The summed E-state index contributed by atoms with van der Waals surface area (Å²) in [5.41, 5.74) is 5.91. The van der Waals surface area contributed by atoms with Crippen molar-refractivity contribution >= 4 is 28.3 Å². The van der Waals surface area contributed by atoms with Crippen LogP contribution < -0.4 is 10.6 Å². The van der Waals surface area contributed by atoms with E-state index >= 15 is 0 Å². The Morgan fingerprint density at radius 3 is 2.33 bits per heavy atom. The van der Waals surface area contributed by atoms with Crippen molar-refractivity contribution in [2.24, 2.45) is 0 Å². The van der Waals surface area contributed by atoms with E-state index in [1.165, 1.54) is 10.9 Å². The number of amides is 2. The Labute approximate surface area is 158 Å². The maximum Gasteiger partial charge on any atom is 0.323 e. The minimum Gasteiger partial charge on any atom is -0.314 e. The summed E-state index contributed by atoms with van der Waals surface area (Å²) in [6.07, 6.45) is 2.10. The van der Waals surface area contributed by atoms with Gasteiger partial charge in [-0.3, -0.25) is 0 Å². The van der Waals surface area contributed by atoms with Gasteiger partial charge >= 0.3 is 6.03 Å². The van der Waals surface area contributed by atoms with Gasteiger partial charge in [-0.2, -0.15) is 0 Å². The Kier molecular flexibility index (Phi) is 4.38. The molecule has 0 spiro atoms. The van der Waals surface area contributed by atoms with Crippen molar-refractivity contribution in [1.82, 2.24) is 4.57 Å². The van der Waals surface area contributed by atoms with Crippen LogP contribution in [0.3, 0.4) is 0 Å². The van der Waals surface area contributed by atoms with Crippen molar-refractivity contribution in [2.45, 2.75) is 13.8 Å². The van der Waals surface area contributed by atoms with Gasteiger partial charge in [0.05, 0.1) is 16.9 Å². The second-order valence-electron chi connectivity index (χ2n) is 6.66. The lowest BCUT2D eigenvalue weighted by atomic mass is 10.2. The molecule has 0 aliphatic heterocycles. The Morgan fingerprint density at radius 1 is 0.815 bits per heavy atom. The van der Waals surface area contributed by atoms with Crippen molar-refractivity contribution in [3.8, 4) is 5.69 Å². The minimum atomic E-state index is -0.264. The Morgan fingerprint density at radius 2 is 1.52 bits per heavy atom. The van der Waals surface area contributed by atoms with E-state index in [0.717, 1.165) is 28.1 Å². The predicted octanol–water partition coefficient (Wildman–Crippen LogP) is 5.89. The van der Waals surface area contributed by atoms with Crippen molar-refractivity contribution < 1.29 is 4.79 Å². The van der Waals surface area contributed by atoms with Crippen LogP contribution in [0.2, 0.25) is 0 Å². The number of para-hydroxylation sites is 3. The molecule has 0 aliphatic rings. The van der Waals surface area contributed by atoms with E-state index in [0.29, 0.717) is 0 Å². The second-order valence-corrected chi connectivity index (χ2v) is 6.66. The number of carbonyl (C=O) groups is 1. The lowest BCUT2D eigenvalue weighted by molar-refractivity contribution is 0.262. The Bertz CT molecular complexity index is 1110. The zero-order chi connectivity index (χ0) is 18.8. The molecule has 1 heterocycles. The SMILES string of the molecule is Cc1ccc(NC(=O)Nc2ccccc2-n2cc(C)c3ccccc32)cc1. The average Bonchev–Trinajstić information content (AvgIpc) is 3.01. The first-order valence-electron chi connectivity index (χ1n) is 8.92. The fraction of sp³-hybridized carbons (Fsp3) is 0.0870. The number of anilines is 2. The molecule has 4 nitrogen and oxygen atoms in total. The molecule has 0 aliphatic carbocycles. The first-order chi connectivity index (χ1) is 13.1. The molecule has 27 heavy (non-hydrogen) atoms. The standard InChI is InChI=1S/C23H21N3O/c1-16-11-13-18(14-12-16)24-23(27)25-20-8-4-6-10-22(20)26-15-17(2)19-7-3-5-9-21(19)26/h3-15H,1-2H3,(H2,24,25,27). The lowest BCUT2D eigenvalue weighted by Crippen LogP contribution is -2.20. The molecule has 0 unspecified atom stereocenters. The summed E-state index contributed by atoms with van der Waals surface area (Å²) in [4.78, 5) is 12.5. The third kappa shape index (κ3) is 3.42. The fourth-order valence-electron chi connectivity index (χ4n) is 3.26. The zero-order valence-corrected chi connectivity index (χ0v) is 15.4. The van der Waals surface area contributed by atoms with E-state index < -0.39 is 0 Å². The molecule has 4 aromatic rings. The quantitative estimate of drug-likeness (QED) is 0.473. The van der Waals surface area contributed by atoms with Gasteiger partial charge < -0.3 is 15.2 Å².